The average molecular weight is 474 g/mol. The Morgan fingerprint density at radius 2 is 1.69 bits per heavy atom. The van der Waals surface area contributed by atoms with Crippen molar-refractivity contribution in [3.8, 4) is 5.75 Å². The van der Waals surface area contributed by atoms with Gasteiger partial charge in [0.1, 0.15) is 5.75 Å². The summed E-state index contributed by atoms with van der Waals surface area (Å²) in [5, 5.41) is 11.7. The molecule has 1 aromatic heterocycles. The number of nitrogens with zero attached hydrogens (tertiary/aromatic N) is 2. The van der Waals surface area contributed by atoms with Crippen LogP contribution in [0, 0.1) is 0 Å². The molecule has 7 nitrogen and oxygen atoms in total. The van der Waals surface area contributed by atoms with Crippen molar-refractivity contribution < 1.29 is 31.9 Å². The number of amides is 1. The van der Waals surface area contributed by atoms with Crippen molar-refractivity contribution in [3.05, 3.63) is 41.1 Å². The molecule has 1 heterocycles. The van der Waals surface area contributed by atoms with Crippen LogP contribution in [0.15, 0.2) is 28.7 Å². The zero-order valence-electron chi connectivity index (χ0n) is 17.1. The minimum absolute atomic E-state index is 0.0434. The molecular formula is C21H23ClF3N3O4. The second kappa shape index (κ2) is 9.66. The van der Waals surface area contributed by atoms with Crippen LogP contribution < -0.4 is 10.1 Å². The largest absolute Gasteiger partial charge is 0.522 e. The van der Waals surface area contributed by atoms with Crippen molar-refractivity contribution in [2.24, 2.45) is 0 Å². The first-order valence-corrected chi connectivity index (χ1v) is 10.9. The molecule has 174 valence electrons. The first-order chi connectivity index (χ1) is 15.2. The van der Waals surface area contributed by atoms with E-state index in [1.165, 1.54) is 0 Å². The van der Waals surface area contributed by atoms with Gasteiger partial charge in [-0.15, -0.1) is 23.4 Å². The van der Waals surface area contributed by atoms with E-state index < -0.39 is 12.5 Å². The highest BCUT2D eigenvalue weighted by atomic mass is 35.5. The van der Waals surface area contributed by atoms with Gasteiger partial charge < -0.3 is 14.5 Å². The number of halogens is 4. The minimum atomic E-state index is -4.62. The third-order valence-corrected chi connectivity index (χ3v) is 6.08. The van der Waals surface area contributed by atoms with Crippen LogP contribution in [0.25, 0.3) is 0 Å². The van der Waals surface area contributed by atoms with Gasteiger partial charge in [-0.25, -0.2) is 0 Å². The maximum absolute atomic E-state index is 12.2. The van der Waals surface area contributed by atoms with Gasteiger partial charge in [-0.2, -0.15) is 0 Å². The molecule has 0 atom stereocenters. The molecule has 2 aromatic rings. The fourth-order valence-corrected chi connectivity index (χ4v) is 4.19. The van der Waals surface area contributed by atoms with Crippen molar-refractivity contribution in [2.45, 2.75) is 68.9 Å². The van der Waals surface area contributed by atoms with E-state index in [9.17, 15) is 18.0 Å². The Labute approximate surface area is 187 Å². The highest BCUT2D eigenvalue weighted by Crippen LogP contribution is 2.42. The molecule has 1 N–H and O–H groups in total. The molecule has 0 bridgehead atoms. The maximum atomic E-state index is 12.2. The molecule has 0 aliphatic heterocycles. The number of hydrogen-bond donors (Lipinski definition) is 1. The van der Waals surface area contributed by atoms with Crippen LogP contribution in [-0.4, -0.2) is 41.2 Å². The van der Waals surface area contributed by atoms with Crippen molar-refractivity contribution >= 4 is 17.5 Å². The van der Waals surface area contributed by atoms with Gasteiger partial charge in [-0.1, -0.05) is 11.6 Å². The van der Waals surface area contributed by atoms with E-state index in [1.807, 2.05) is 0 Å². The van der Waals surface area contributed by atoms with Crippen LogP contribution in [0.5, 0.6) is 5.75 Å². The first-order valence-electron chi connectivity index (χ1n) is 10.5. The Kier molecular flexibility index (Phi) is 6.90. The van der Waals surface area contributed by atoms with E-state index in [1.54, 1.807) is 24.3 Å². The molecule has 2 aliphatic rings. The standard InChI is InChI=1S/C21H23ClF3N3O4/c22-14-3-7-16(8-4-14)30-11-18(29)26-15-5-1-12(2-6-15)19-27-28-20(31-19)13-9-17(10-13)32-21(23,24)25/h3-4,7-8,12-13,15,17H,1-2,5-6,9-11H2,(H,26,29)/t12?,13-,15?,17+. The van der Waals surface area contributed by atoms with Gasteiger partial charge in [-0.05, 0) is 62.8 Å². The molecule has 0 radical (unpaired) electrons. The topological polar surface area (TPSA) is 86.5 Å². The zero-order chi connectivity index (χ0) is 22.7. The molecule has 0 unspecified atom stereocenters. The molecule has 0 saturated heterocycles. The average Bonchev–Trinajstić information content (AvgIpc) is 3.19. The lowest BCUT2D eigenvalue weighted by molar-refractivity contribution is -0.352. The number of carbonyl (C=O) groups is 1. The monoisotopic (exact) mass is 473 g/mol. The van der Waals surface area contributed by atoms with E-state index in [2.05, 4.69) is 20.3 Å². The summed E-state index contributed by atoms with van der Waals surface area (Å²) in [5.41, 5.74) is 0. The molecule has 0 spiro atoms. The Hall–Kier alpha value is -2.33. The molecule has 2 fully saturated rings. The molecule has 1 amide bonds. The van der Waals surface area contributed by atoms with Crippen LogP contribution in [0.1, 0.15) is 62.1 Å². The second-order valence-corrected chi connectivity index (χ2v) is 8.63. The SMILES string of the molecule is O=C(COc1ccc(Cl)cc1)NC1CCC(c2nnc([C@H]3C[C@@H](OC(F)(F)F)C3)o2)CC1. The van der Waals surface area contributed by atoms with Crippen LogP contribution >= 0.6 is 11.6 Å². The summed E-state index contributed by atoms with van der Waals surface area (Å²) in [6, 6.07) is 6.83. The van der Waals surface area contributed by atoms with Crippen LogP contribution in [0.2, 0.25) is 5.02 Å². The quantitative estimate of drug-likeness (QED) is 0.625. The fraction of sp³-hybridized carbons (Fsp3) is 0.571. The van der Waals surface area contributed by atoms with Crippen LogP contribution in [0.3, 0.4) is 0 Å². The summed E-state index contributed by atoms with van der Waals surface area (Å²) < 4.78 is 51.9. The normalized spacial score (nSPS) is 25.8. The Bertz CT molecular complexity index is 908. The Balaban J connectivity index is 1.17. The summed E-state index contributed by atoms with van der Waals surface area (Å²) in [6.45, 7) is -0.0744. The number of ether oxygens (including phenoxy) is 2. The lowest BCUT2D eigenvalue weighted by Gasteiger charge is -2.33. The van der Waals surface area contributed by atoms with Gasteiger partial charge in [0.2, 0.25) is 11.8 Å². The lowest BCUT2D eigenvalue weighted by atomic mass is 9.82. The van der Waals surface area contributed by atoms with E-state index in [4.69, 9.17) is 20.8 Å². The molecule has 11 heteroatoms. The minimum Gasteiger partial charge on any atom is -0.484 e. The number of carbonyl (C=O) groups excluding carboxylic acids is 1. The van der Waals surface area contributed by atoms with Crippen molar-refractivity contribution in [1.29, 1.82) is 0 Å². The number of nitrogens with one attached hydrogen (secondary N) is 1. The molecule has 1 aromatic carbocycles. The highest BCUT2D eigenvalue weighted by molar-refractivity contribution is 6.30. The van der Waals surface area contributed by atoms with Gasteiger partial charge in [-0.3, -0.25) is 9.53 Å². The van der Waals surface area contributed by atoms with E-state index in [0.717, 1.165) is 25.7 Å². The number of alkyl halides is 3. The smallest absolute Gasteiger partial charge is 0.484 e. The number of benzene rings is 1. The first kappa shape index (κ1) is 22.8. The molecule has 4 rings (SSSR count). The van der Waals surface area contributed by atoms with Gasteiger partial charge in [0.15, 0.2) is 6.61 Å². The third-order valence-electron chi connectivity index (χ3n) is 5.83. The molecular weight excluding hydrogens is 451 g/mol. The number of hydrogen-bond acceptors (Lipinski definition) is 6. The fourth-order valence-electron chi connectivity index (χ4n) is 4.06. The van der Waals surface area contributed by atoms with Crippen molar-refractivity contribution in [2.75, 3.05) is 6.61 Å². The van der Waals surface area contributed by atoms with E-state index >= 15 is 0 Å². The second-order valence-electron chi connectivity index (χ2n) is 8.19. The third kappa shape index (κ3) is 6.13. The van der Waals surface area contributed by atoms with Gasteiger partial charge >= 0.3 is 6.36 Å². The summed E-state index contributed by atoms with van der Waals surface area (Å²) in [7, 11) is 0. The lowest BCUT2D eigenvalue weighted by Crippen LogP contribution is -2.39. The van der Waals surface area contributed by atoms with Gasteiger partial charge in [0, 0.05) is 22.9 Å². The molecule has 32 heavy (non-hydrogen) atoms. The number of rotatable bonds is 7. The predicted octanol–water partition coefficient (Wildman–Crippen LogP) is 4.73. The van der Waals surface area contributed by atoms with E-state index in [0.29, 0.717) is 22.6 Å². The van der Waals surface area contributed by atoms with Crippen molar-refractivity contribution in [3.63, 3.8) is 0 Å². The Morgan fingerprint density at radius 3 is 2.31 bits per heavy atom. The summed E-state index contributed by atoms with van der Waals surface area (Å²) in [5.74, 6) is 1.15. The number of aromatic nitrogens is 2. The summed E-state index contributed by atoms with van der Waals surface area (Å²) in [6.07, 6.45) is -1.95. The van der Waals surface area contributed by atoms with Gasteiger partial charge in [0.05, 0.1) is 6.10 Å². The molecule has 2 saturated carbocycles. The van der Waals surface area contributed by atoms with Crippen LogP contribution in [0.4, 0.5) is 13.2 Å². The molecule has 2 aliphatic carbocycles. The summed E-state index contributed by atoms with van der Waals surface area (Å²) >= 11 is 5.82. The van der Waals surface area contributed by atoms with Crippen LogP contribution in [-0.2, 0) is 9.53 Å². The van der Waals surface area contributed by atoms with Crippen molar-refractivity contribution in [1.82, 2.24) is 15.5 Å². The summed E-state index contributed by atoms with van der Waals surface area (Å²) in [4.78, 5) is 12.2. The Morgan fingerprint density at radius 1 is 1.06 bits per heavy atom. The maximum Gasteiger partial charge on any atom is 0.522 e. The highest BCUT2D eigenvalue weighted by Gasteiger charge is 2.42. The predicted molar refractivity (Wildman–Crippen MR) is 107 cm³/mol. The van der Waals surface area contributed by atoms with Gasteiger partial charge in [0.25, 0.3) is 5.91 Å². The van der Waals surface area contributed by atoms with E-state index in [-0.39, 0.29) is 43.2 Å². The zero-order valence-corrected chi connectivity index (χ0v) is 17.9.